The van der Waals surface area contributed by atoms with E-state index in [-0.39, 0.29) is 5.91 Å². The number of anilines is 1. The Labute approximate surface area is 120 Å². The number of aryl methyl sites for hydroxylation is 2. The molecule has 106 valence electrons. The van der Waals surface area contributed by atoms with Gasteiger partial charge in [0, 0.05) is 28.1 Å². The van der Waals surface area contributed by atoms with Crippen molar-refractivity contribution in [2.24, 2.45) is 0 Å². The number of thiophene rings is 1. The van der Waals surface area contributed by atoms with E-state index in [1.807, 2.05) is 19.9 Å². The Balaban J connectivity index is 2.39. The van der Waals surface area contributed by atoms with Crippen LogP contribution in [0.3, 0.4) is 0 Å². The smallest absolute Gasteiger partial charge is 0.259 e. The first-order valence-corrected chi connectivity index (χ1v) is 7.09. The lowest BCUT2D eigenvalue weighted by Gasteiger charge is -2.21. The molecule has 0 fully saturated rings. The maximum atomic E-state index is 13.3. The second kappa shape index (κ2) is 5.71. The van der Waals surface area contributed by atoms with Crippen molar-refractivity contribution in [1.29, 1.82) is 0 Å². The largest absolute Gasteiger partial charge is 0.309 e. The van der Waals surface area contributed by atoms with Crippen molar-refractivity contribution in [3.05, 3.63) is 51.2 Å². The van der Waals surface area contributed by atoms with Crippen LogP contribution in [-0.4, -0.2) is 12.5 Å². The van der Waals surface area contributed by atoms with Crippen molar-refractivity contribution in [2.75, 3.05) is 11.4 Å². The van der Waals surface area contributed by atoms with Crippen LogP contribution in [0.2, 0.25) is 0 Å². The molecule has 0 atom stereocenters. The molecule has 0 saturated heterocycles. The van der Waals surface area contributed by atoms with Crippen LogP contribution in [0.4, 0.5) is 14.5 Å². The van der Waals surface area contributed by atoms with Crippen molar-refractivity contribution in [2.45, 2.75) is 20.8 Å². The summed E-state index contributed by atoms with van der Waals surface area (Å²) in [6.07, 6.45) is 0. The van der Waals surface area contributed by atoms with E-state index in [9.17, 15) is 13.6 Å². The summed E-state index contributed by atoms with van der Waals surface area (Å²) in [5, 5.41) is 0. The molecule has 0 aliphatic carbocycles. The van der Waals surface area contributed by atoms with Crippen LogP contribution in [0.15, 0.2) is 24.3 Å². The van der Waals surface area contributed by atoms with Crippen molar-refractivity contribution in [3.8, 4) is 0 Å². The average molecular weight is 295 g/mol. The number of amides is 1. The molecule has 1 heterocycles. The maximum Gasteiger partial charge on any atom is 0.259 e. The zero-order valence-corrected chi connectivity index (χ0v) is 12.4. The fraction of sp³-hybridized carbons (Fsp3) is 0.267. The Morgan fingerprint density at radius 2 is 1.90 bits per heavy atom. The van der Waals surface area contributed by atoms with E-state index in [0.717, 1.165) is 21.9 Å². The highest BCUT2D eigenvalue weighted by molar-refractivity contribution is 7.12. The van der Waals surface area contributed by atoms with Crippen LogP contribution in [0.25, 0.3) is 0 Å². The van der Waals surface area contributed by atoms with Gasteiger partial charge in [-0.05, 0) is 39.0 Å². The summed E-state index contributed by atoms with van der Waals surface area (Å²) in [6, 6.07) is 5.32. The Hall–Kier alpha value is -1.75. The minimum absolute atomic E-state index is 0.194. The summed E-state index contributed by atoms with van der Waals surface area (Å²) in [7, 11) is 0. The van der Waals surface area contributed by atoms with Crippen LogP contribution >= 0.6 is 11.3 Å². The highest BCUT2D eigenvalue weighted by Crippen LogP contribution is 2.25. The lowest BCUT2D eigenvalue weighted by Crippen LogP contribution is -2.30. The van der Waals surface area contributed by atoms with Crippen LogP contribution in [0.1, 0.15) is 27.0 Å². The molecule has 0 aliphatic heterocycles. The van der Waals surface area contributed by atoms with E-state index in [1.165, 1.54) is 11.0 Å². The fourth-order valence-electron chi connectivity index (χ4n) is 2.08. The molecule has 0 spiro atoms. The topological polar surface area (TPSA) is 20.3 Å². The minimum Gasteiger partial charge on any atom is -0.309 e. The number of nitrogens with zero attached hydrogens (tertiary/aromatic N) is 1. The monoisotopic (exact) mass is 295 g/mol. The first kappa shape index (κ1) is 14.7. The Morgan fingerprint density at radius 1 is 1.20 bits per heavy atom. The van der Waals surface area contributed by atoms with Gasteiger partial charge in [0.05, 0.1) is 5.56 Å². The lowest BCUT2D eigenvalue weighted by atomic mass is 10.2. The van der Waals surface area contributed by atoms with Gasteiger partial charge in [0.2, 0.25) is 0 Å². The SMILES string of the molecule is CCN(C(=O)c1cc(C)sc1C)c1ccc(F)c(F)c1. The Kier molecular flexibility index (Phi) is 4.18. The summed E-state index contributed by atoms with van der Waals surface area (Å²) in [6.45, 7) is 6.00. The highest BCUT2D eigenvalue weighted by atomic mass is 32.1. The number of carbonyl (C=O) groups is 1. The molecule has 1 amide bonds. The zero-order chi connectivity index (χ0) is 14.9. The average Bonchev–Trinajstić information content (AvgIpc) is 2.73. The summed E-state index contributed by atoms with van der Waals surface area (Å²) < 4.78 is 26.3. The number of benzene rings is 1. The number of halogens is 2. The first-order valence-electron chi connectivity index (χ1n) is 6.28. The first-order chi connectivity index (χ1) is 9.43. The van der Waals surface area contributed by atoms with Gasteiger partial charge in [-0.1, -0.05) is 0 Å². The van der Waals surface area contributed by atoms with Gasteiger partial charge in [-0.3, -0.25) is 4.79 Å². The Morgan fingerprint density at radius 3 is 2.40 bits per heavy atom. The zero-order valence-electron chi connectivity index (χ0n) is 11.5. The van der Waals surface area contributed by atoms with Crippen LogP contribution < -0.4 is 4.90 Å². The third-order valence-electron chi connectivity index (χ3n) is 3.05. The molecule has 0 unspecified atom stereocenters. The quantitative estimate of drug-likeness (QED) is 0.826. The van der Waals surface area contributed by atoms with Crippen molar-refractivity contribution < 1.29 is 13.6 Å². The number of hydrogen-bond acceptors (Lipinski definition) is 2. The van der Waals surface area contributed by atoms with Crippen LogP contribution in [-0.2, 0) is 0 Å². The van der Waals surface area contributed by atoms with E-state index in [4.69, 9.17) is 0 Å². The highest BCUT2D eigenvalue weighted by Gasteiger charge is 2.20. The molecule has 0 aliphatic rings. The molecule has 1 aromatic carbocycles. The number of hydrogen-bond donors (Lipinski definition) is 0. The van der Waals surface area contributed by atoms with Gasteiger partial charge >= 0.3 is 0 Å². The van der Waals surface area contributed by atoms with Crippen LogP contribution in [0.5, 0.6) is 0 Å². The van der Waals surface area contributed by atoms with E-state index < -0.39 is 11.6 Å². The van der Waals surface area contributed by atoms with E-state index in [0.29, 0.717) is 17.8 Å². The second-order valence-electron chi connectivity index (χ2n) is 4.47. The normalized spacial score (nSPS) is 10.7. The molecule has 0 N–H and O–H groups in total. The molecule has 0 radical (unpaired) electrons. The summed E-state index contributed by atoms with van der Waals surface area (Å²) in [5.74, 6) is -2.06. The molecule has 2 rings (SSSR count). The van der Waals surface area contributed by atoms with Gasteiger partial charge in [-0.2, -0.15) is 0 Å². The van der Waals surface area contributed by atoms with E-state index in [2.05, 4.69) is 0 Å². The molecule has 0 saturated carbocycles. The molecule has 20 heavy (non-hydrogen) atoms. The van der Waals surface area contributed by atoms with Crippen molar-refractivity contribution in [3.63, 3.8) is 0 Å². The van der Waals surface area contributed by atoms with Crippen LogP contribution in [0, 0.1) is 25.5 Å². The minimum atomic E-state index is -0.952. The lowest BCUT2D eigenvalue weighted by molar-refractivity contribution is 0.0988. The summed E-state index contributed by atoms with van der Waals surface area (Å²) >= 11 is 1.54. The Bertz CT molecular complexity index is 651. The third-order valence-corrected chi connectivity index (χ3v) is 4.01. The number of carbonyl (C=O) groups excluding carboxylic acids is 1. The molecule has 2 aromatic rings. The summed E-state index contributed by atoms with van der Waals surface area (Å²) in [5.41, 5.74) is 0.971. The van der Waals surface area contributed by atoms with Gasteiger partial charge in [-0.15, -0.1) is 11.3 Å². The maximum absolute atomic E-state index is 13.3. The van der Waals surface area contributed by atoms with Gasteiger partial charge in [-0.25, -0.2) is 8.78 Å². The predicted molar refractivity (Wildman–Crippen MR) is 77.5 cm³/mol. The van der Waals surface area contributed by atoms with E-state index >= 15 is 0 Å². The molecule has 1 aromatic heterocycles. The van der Waals surface area contributed by atoms with Gasteiger partial charge in [0.15, 0.2) is 11.6 Å². The third kappa shape index (κ3) is 2.72. The summed E-state index contributed by atoms with van der Waals surface area (Å²) in [4.78, 5) is 15.9. The van der Waals surface area contributed by atoms with E-state index in [1.54, 1.807) is 18.3 Å². The predicted octanol–water partition coefficient (Wildman–Crippen LogP) is 4.31. The standard InChI is InChI=1S/C15H15F2NOS/c1-4-18(11-5-6-13(16)14(17)8-11)15(19)12-7-9(2)20-10(12)3/h5-8H,4H2,1-3H3. The molecule has 2 nitrogen and oxygen atoms in total. The second-order valence-corrected chi connectivity index (χ2v) is 5.94. The number of rotatable bonds is 3. The molecular weight excluding hydrogens is 280 g/mol. The fourth-order valence-corrected chi connectivity index (χ4v) is 3.00. The van der Waals surface area contributed by atoms with Gasteiger partial charge in [0.1, 0.15) is 0 Å². The molecule has 0 bridgehead atoms. The van der Waals surface area contributed by atoms with Crippen molar-refractivity contribution >= 4 is 22.9 Å². The van der Waals surface area contributed by atoms with Gasteiger partial charge in [0.25, 0.3) is 5.91 Å². The molecular formula is C15H15F2NOS. The van der Waals surface area contributed by atoms with Crippen molar-refractivity contribution in [1.82, 2.24) is 0 Å². The van der Waals surface area contributed by atoms with Gasteiger partial charge < -0.3 is 4.90 Å². The molecule has 5 heteroatoms.